The van der Waals surface area contributed by atoms with E-state index in [4.69, 9.17) is 18.9 Å². The molecule has 0 aromatic heterocycles. The third kappa shape index (κ3) is 5.91. The first-order valence-electron chi connectivity index (χ1n) is 12.3. The predicted octanol–water partition coefficient (Wildman–Crippen LogP) is 7.10. The van der Waals surface area contributed by atoms with Gasteiger partial charge in [-0.15, -0.1) is 10.2 Å². The van der Waals surface area contributed by atoms with Gasteiger partial charge in [-0.2, -0.15) is 10.2 Å². The number of benzene rings is 3. The fraction of sp³-hybridized carbons (Fsp3) is 0.321. The minimum atomic E-state index is -0.493. The largest absolute Gasteiger partial charge is 0.496 e. The summed E-state index contributed by atoms with van der Waals surface area (Å²) in [6.07, 6.45) is 2.10. The molecule has 0 fully saturated rings. The number of carbonyl (C=O) groups excluding carboxylic acids is 1. The van der Waals surface area contributed by atoms with Crippen LogP contribution in [0.5, 0.6) is 17.2 Å². The fourth-order valence-electron chi connectivity index (χ4n) is 4.19. The third-order valence-electron chi connectivity index (χ3n) is 6.11. The topological polar surface area (TPSA) is 107 Å². The van der Waals surface area contributed by atoms with Gasteiger partial charge in [-0.25, -0.2) is 4.79 Å². The second-order valence-corrected chi connectivity index (χ2v) is 8.54. The van der Waals surface area contributed by atoms with Crippen molar-refractivity contribution in [2.24, 2.45) is 20.5 Å². The molecule has 1 aliphatic rings. The molecule has 0 unspecified atom stereocenters. The molecule has 10 heteroatoms. The van der Waals surface area contributed by atoms with Crippen molar-refractivity contribution in [3.8, 4) is 17.2 Å². The van der Waals surface area contributed by atoms with E-state index in [-0.39, 0.29) is 0 Å². The molecule has 38 heavy (non-hydrogen) atoms. The second kappa shape index (κ2) is 12.2. The van der Waals surface area contributed by atoms with Crippen molar-refractivity contribution in [1.82, 2.24) is 0 Å². The number of carbonyl (C=O) groups is 1. The average Bonchev–Trinajstić information content (AvgIpc) is 2.95. The van der Waals surface area contributed by atoms with Crippen molar-refractivity contribution in [1.29, 1.82) is 0 Å². The normalized spacial score (nSPS) is 13.0. The molecule has 0 saturated carbocycles. The van der Waals surface area contributed by atoms with Crippen LogP contribution in [0.3, 0.4) is 0 Å². The van der Waals surface area contributed by atoms with Gasteiger partial charge >= 0.3 is 5.97 Å². The van der Waals surface area contributed by atoms with Gasteiger partial charge < -0.3 is 23.8 Å². The van der Waals surface area contributed by atoms with Gasteiger partial charge in [0.05, 0.1) is 39.3 Å². The van der Waals surface area contributed by atoms with E-state index in [1.54, 1.807) is 43.5 Å². The summed E-state index contributed by atoms with van der Waals surface area (Å²) in [4.78, 5) is 14.1. The van der Waals surface area contributed by atoms with E-state index in [9.17, 15) is 4.79 Å². The van der Waals surface area contributed by atoms with Crippen LogP contribution in [0.15, 0.2) is 69.0 Å². The van der Waals surface area contributed by atoms with Gasteiger partial charge in [0.15, 0.2) is 0 Å². The van der Waals surface area contributed by atoms with E-state index in [2.05, 4.69) is 38.5 Å². The number of esters is 1. The Bertz CT molecular complexity index is 1370. The summed E-state index contributed by atoms with van der Waals surface area (Å²) in [5.41, 5.74) is 5.01. The van der Waals surface area contributed by atoms with Gasteiger partial charge in [-0.05, 0) is 55.7 Å². The minimum Gasteiger partial charge on any atom is -0.496 e. The molecule has 0 saturated heterocycles. The lowest BCUT2D eigenvalue weighted by Crippen LogP contribution is -2.24. The van der Waals surface area contributed by atoms with E-state index < -0.39 is 5.97 Å². The molecule has 4 rings (SSSR count). The van der Waals surface area contributed by atoms with Crippen molar-refractivity contribution in [2.45, 2.75) is 19.8 Å². The highest BCUT2D eigenvalue weighted by Crippen LogP contribution is 2.39. The summed E-state index contributed by atoms with van der Waals surface area (Å²) in [7, 11) is 6.43. The molecule has 1 aliphatic heterocycles. The monoisotopic (exact) mass is 517 g/mol. The molecule has 0 bridgehead atoms. The van der Waals surface area contributed by atoms with Crippen LogP contribution < -0.4 is 19.1 Å². The summed E-state index contributed by atoms with van der Waals surface area (Å²) in [5, 5.41) is 17.5. The van der Waals surface area contributed by atoms with Crippen LogP contribution in [0.4, 0.5) is 28.4 Å². The van der Waals surface area contributed by atoms with Gasteiger partial charge in [0.2, 0.25) is 0 Å². The fourth-order valence-corrected chi connectivity index (χ4v) is 4.19. The number of anilines is 1. The summed E-state index contributed by atoms with van der Waals surface area (Å²) >= 11 is 0. The lowest BCUT2D eigenvalue weighted by atomic mass is 10.0. The molecule has 10 nitrogen and oxygen atoms in total. The number of rotatable bonds is 9. The van der Waals surface area contributed by atoms with Crippen molar-refractivity contribution in [3.05, 3.63) is 59.7 Å². The first kappa shape index (κ1) is 26.6. The number of azo groups is 2. The van der Waals surface area contributed by atoms with Crippen LogP contribution in [0, 0.1) is 0 Å². The minimum absolute atomic E-state index is 0.305. The van der Waals surface area contributed by atoms with Gasteiger partial charge in [0.25, 0.3) is 0 Å². The molecule has 0 amide bonds. The lowest BCUT2D eigenvalue weighted by Gasteiger charge is -2.28. The summed E-state index contributed by atoms with van der Waals surface area (Å²) in [6.45, 7) is 3.51. The van der Waals surface area contributed by atoms with Crippen molar-refractivity contribution in [3.63, 3.8) is 0 Å². The molecular weight excluding hydrogens is 486 g/mol. The molecule has 198 valence electrons. The summed E-state index contributed by atoms with van der Waals surface area (Å²) in [6, 6.07) is 14.2. The van der Waals surface area contributed by atoms with Gasteiger partial charge in [0.1, 0.15) is 34.2 Å². The van der Waals surface area contributed by atoms with E-state index in [0.717, 1.165) is 19.4 Å². The van der Waals surface area contributed by atoms with Crippen LogP contribution in [0.1, 0.15) is 29.3 Å². The summed E-state index contributed by atoms with van der Waals surface area (Å²) < 4.78 is 21.4. The van der Waals surface area contributed by atoms with Gasteiger partial charge in [-0.3, -0.25) is 0 Å². The van der Waals surface area contributed by atoms with Gasteiger partial charge in [0, 0.05) is 37.5 Å². The Morgan fingerprint density at radius 2 is 1.53 bits per heavy atom. The molecule has 0 aliphatic carbocycles. The Labute approximate surface area is 221 Å². The molecule has 0 spiro atoms. The highest BCUT2D eigenvalue weighted by molar-refractivity contribution is 5.93. The lowest BCUT2D eigenvalue weighted by molar-refractivity contribution is 0.0597. The standard InChI is InChI=1S/C28H31N5O5/c1-6-38-27-17-24-18(8-7-13-33(24)2)14-23(27)32-30-20-10-12-22(26(16-20)36-4)31-29-19-9-11-21(28(34)37-5)25(15-19)35-3/h9-12,14-17H,6-8,13H2,1-5H3. The maximum absolute atomic E-state index is 11.9. The third-order valence-corrected chi connectivity index (χ3v) is 6.11. The molecule has 1 heterocycles. The number of ether oxygens (including phenoxy) is 4. The molecule has 3 aromatic carbocycles. The second-order valence-electron chi connectivity index (χ2n) is 8.54. The Balaban J connectivity index is 1.57. The highest BCUT2D eigenvalue weighted by atomic mass is 16.5. The average molecular weight is 518 g/mol. The molecule has 0 N–H and O–H groups in total. The first-order chi connectivity index (χ1) is 18.5. The Morgan fingerprint density at radius 1 is 0.842 bits per heavy atom. The van der Waals surface area contributed by atoms with Crippen molar-refractivity contribution >= 4 is 34.4 Å². The zero-order valence-electron chi connectivity index (χ0n) is 22.2. The van der Waals surface area contributed by atoms with Crippen LogP contribution in [-0.2, 0) is 11.2 Å². The number of nitrogens with zero attached hydrogens (tertiary/aromatic N) is 5. The van der Waals surface area contributed by atoms with E-state index in [1.807, 2.05) is 13.0 Å². The Kier molecular flexibility index (Phi) is 8.52. The van der Waals surface area contributed by atoms with Crippen molar-refractivity contribution in [2.75, 3.05) is 46.4 Å². The molecule has 3 aromatic rings. The number of fused-ring (bicyclic) bond motifs is 1. The number of hydrogen-bond donors (Lipinski definition) is 0. The number of methoxy groups -OCH3 is 3. The van der Waals surface area contributed by atoms with Crippen LogP contribution >= 0.6 is 0 Å². The zero-order chi connectivity index (χ0) is 27.1. The Morgan fingerprint density at radius 3 is 2.21 bits per heavy atom. The maximum atomic E-state index is 11.9. The first-order valence-corrected chi connectivity index (χ1v) is 12.3. The van der Waals surface area contributed by atoms with E-state index in [1.165, 1.54) is 25.5 Å². The van der Waals surface area contributed by atoms with Gasteiger partial charge in [-0.1, -0.05) is 0 Å². The summed E-state index contributed by atoms with van der Waals surface area (Å²) in [5.74, 6) is 1.04. The maximum Gasteiger partial charge on any atom is 0.341 e. The number of aryl methyl sites for hydroxylation is 1. The smallest absolute Gasteiger partial charge is 0.341 e. The quantitative estimate of drug-likeness (QED) is 0.221. The number of hydrogen-bond acceptors (Lipinski definition) is 10. The SMILES string of the molecule is CCOc1cc2c(cc1N=Nc1ccc(N=Nc3ccc(C(=O)OC)c(OC)c3)c(OC)c1)CCCN2C. The van der Waals surface area contributed by atoms with Crippen molar-refractivity contribution < 1.29 is 23.7 Å². The van der Waals surface area contributed by atoms with E-state index >= 15 is 0 Å². The molecule has 0 radical (unpaired) electrons. The van der Waals surface area contributed by atoms with Crippen LogP contribution in [-0.4, -0.2) is 47.5 Å². The van der Waals surface area contributed by atoms with Crippen LogP contribution in [0.2, 0.25) is 0 Å². The molecular formula is C28H31N5O5. The predicted molar refractivity (Wildman–Crippen MR) is 145 cm³/mol. The highest BCUT2D eigenvalue weighted by Gasteiger charge is 2.18. The Hall–Kier alpha value is -4.47. The van der Waals surface area contributed by atoms with E-state index in [0.29, 0.717) is 52.2 Å². The van der Waals surface area contributed by atoms with Crippen LogP contribution in [0.25, 0.3) is 0 Å². The zero-order valence-corrected chi connectivity index (χ0v) is 22.2. The molecule has 0 atom stereocenters.